The minimum Gasteiger partial charge on any atom is -0.350 e. The van der Waals surface area contributed by atoms with Crippen molar-refractivity contribution >= 4 is 15.8 Å². The number of benzene rings is 1. The van der Waals surface area contributed by atoms with Gasteiger partial charge >= 0.3 is 0 Å². The maximum Gasteiger partial charge on any atom is 0.243 e. The van der Waals surface area contributed by atoms with Crippen LogP contribution in [-0.2, 0) is 19.5 Å². The maximum absolute atomic E-state index is 12.6. The summed E-state index contributed by atoms with van der Waals surface area (Å²) in [4.78, 5) is 11.5. The van der Waals surface area contributed by atoms with Crippen molar-refractivity contribution in [1.82, 2.24) is 4.31 Å². The Hall–Kier alpha value is -1.28. The SMILES string of the molecule is CC(=O)c1ccc(S(=O)(=O)N2CC3(COC(C)(C)OC3)C2)cc1. The normalized spacial score (nSPS) is 23.4. The summed E-state index contributed by atoms with van der Waals surface area (Å²) in [6.45, 7) is 6.92. The zero-order valence-electron chi connectivity index (χ0n) is 13.5. The topological polar surface area (TPSA) is 72.9 Å². The van der Waals surface area contributed by atoms with E-state index in [-0.39, 0.29) is 16.1 Å². The molecule has 23 heavy (non-hydrogen) atoms. The fourth-order valence-electron chi connectivity index (χ4n) is 2.80. The van der Waals surface area contributed by atoms with Crippen molar-refractivity contribution < 1.29 is 22.7 Å². The lowest BCUT2D eigenvalue weighted by Gasteiger charge is -2.53. The number of ketones is 1. The highest BCUT2D eigenvalue weighted by Gasteiger charge is 2.52. The van der Waals surface area contributed by atoms with E-state index in [1.165, 1.54) is 23.4 Å². The first-order valence-electron chi connectivity index (χ1n) is 7.53. The molecular weight excluding hydrogens is 318 g/mol. The second kappa shape index (κ2) is 5.37. The lowest BCUT2D eigenvalue weighted by atomic mass is 9.82. The second-order valence-corrected chi connectivity index (χ2v) is 8.77. The Morgan fingerprint density at radius 3 is 2.09 bits per heavy atom. The summed E-state index contributed by atoms with van der Waals surface area (Å²) in [7, 11) is -3.54. The Bertz CT molecular complexity index is 705. The van der Waals surface area contributed by atoms with Gasteiger partial charge in [0.2, 0.25) is 10.0 Å². The maximum atomic E-state index is 12.6. The van der Waals surface area contributed by atoms with Gasteiger partial charge in [-0.1, -0.05) is 12.1 Å². The van der Waals surface area contributed by atoms with Gasteiger partial charge in [-0.05, 0) is 32.9 Å². The highest BCUT2D eigenvalue weighted by atomic mass is 32.2. The molecular formula is C16H21NO5S. The zero-order valence-corrected chi connectivity index (χ0v) is 14.4. The van der Waals surface area contributed by atoms with Crippen molar-refractivity contribution in [2.24, 2.45) is 5.41 Å². The molecule has 0 aromatic heterocycles. The van der Waals surface area contributed by atoms with E-state index in [1.54, 1.807) is 12.1 Å². The van der Waals surface area contributed by atoms with E-state index in [9.17, 15) is 13.2 Å². The van der Waals surface area contributed by atoms with Gasteiger partial charge in [0, 0.05) is 24.1 Å². The predicted molar refractivity (Wildman–Crippen MR) is 83.6 cm³/mol. The lowest BCUT2D eigenvalue weighted by Crippen LogP contribution is -2.65. The van der Waals surface area contributed by atoms with Crippen molar-refractivity contribution in [3.8, 4) is 0 Å². The van der Waals surface area contributed by atoms with Gasteiger partial charge in [0.25, 0.3) is 0 Å². The van der Waals surface area contributed by atoms with Crippen molar-refractivity contribution in [2.45, 2.75) is 31.5 Å². The summed E-state index contributed by atoms with van der Waals surface area (Å²) in [6.07, 6.45) is 0. The largest absolute Gasteiger partial charge is 0.350 e. The molecule has 126 valence electrons. The Morgan fingerprint density at radius 2 is 1.61 bits per heavy atom. The number of hydrogen-bond donors (Lipinski definition) is 0. The molecule has 0 amide bonds. The van der Waals surface area contributed by atoms with Crippen LogP contribution in [-0.4, -0.2) is 50.6 Å². The molecule has 0 atom stereocenters. The number of Topliss-reactive ketones (excluding diaryl/α,β-unsaturated/α-hetero) is 1. The van der Waals surface area contributed by atoms with Crippen molar-refractivity contribution in [2.75, 3.05) is 26.3 Å². The number of carbonyl (C=O) groups is 1. The molecule has 0 unspecified atom stereocenters. The number of hydrogen-bond acceptors (Lipinski definition) is 5. The van der Waals surface area contributed by atoms with Crippen LogP contribution in [0.4, 0.5) is 0 Å². The van der Waals surface area contributed by atoms with E-state index in [0.717, 1.165) is 0 Å². The van der Waals surface area contributed by atoms with Gasteiger partial charge in [-0.25, -0.2) is 8.42 Å². The van der Waals surface area contributed by atoms with Crippen LogP contribution in [0.15, 0.2) is 29.2 Å². The Labute approximate surface area is 136 Å². The fraction of sp³-hybridized carbons (Fsp3) is 0.562. The van der Waals surface area contributed by atoms with Crippen LogP contribution in [0.2, 0.25) is 0 Å². The molecule has 0 aliphatic carbocycles. The standard InChI is InChI=1S/C16H21NO5S/c1-12(18)13-4-6-14(7-5-13)23(19,20)17-8-16(9-17)10-21-15(2,3)22-11-16/h4-7H,8-11H2,1-3H3. The van der Waals surface area contributed by atoms with Crippen molar-refractivity contribution in [1.29, 1.82) is 0 Å². The highest BCUT2D eigenvalue weighted by molar-refractivity contribution is 7.89. The van der Waals surface area contributed by atoms with E-state index < -0.39 is 15.8 Å². The highest BCUT2D eigenvalue weighted by Crippen LogP contribution is 2.40. The molecule has 2 aliphatic heterocycles. The Kier molecular flexibility index (Phi) is 3.87. The molecule has 1 spiro atoms. The summed E-state index contributed by atoms with van der Waals surface area (Å²) in [5.74, 6) is -0.691. The van der Waals surface area contributed by atoms with Gasteiger partial charge in [-0.3, -0.25) is 4.79 Å². The molecule has 7 heteroatoms. The number of carbonyl (C=O) groups excluding carboxylic acids is 1. The van der Waals surface area contributed by atoms with E-state index in [4.69, 9.17) is 9.47 Å². The quantitative estimate of drug-likeness (QED) is 0.783. The van der Waals surface area contributed by atoms with E-state index >= 15 is 0 Å². The minimum atomic E-state index is -3.54. The van der Waals surface area contributed by atoms with Crippen LogP contribution < -0.4 is 0 Å². The average molecular weight is 339 g/mol. The first-order valence-corrected chi connectivity index (χ1v) is 8.97. The molecule has 2 aliphatic rings. The number of nitrogens with zero attached hydrogens (tertiary/aromatic N) is 1. The molecule has 0 bridgehead atoms. The molecule has 1 aromatic rings. The molecule has 2 heterocycles. The van der Waals surface area contributed by atoms with Crippen LogP contribution in [0.25, 0.3) is 0 Å². The van der Waals surface area contributed by atoms with Crippen molar-refractivity contribution in [3.05, 3.63) is 29.8 Å². The van der Waals surface area contributed by atoms with Gasteiger partial charge in [-0.15, -0.1) is 0 Å². The van der Waals surface area contributed by atoms with E-state index in [0.29, 0.717) is 31.9 Å². The Balaban J connectivity index is 1.70. The number of sulfonamides is 1. The van der Waals surface area contributed by atoms with Gasteiger partial charge in [0.15, 0.2) is 11.6 Å². The first kappa shape index (κ1) is 16.6. The summed E-state index contributed by atoms with van der Waals surface area (Å²) < 4.78 is 37.9. The van der Waals surface area contributed by atoms with E-state index in [1.807, 2.05) is 13.8 Å². The third-order valence-electron chi connectivity index (χ3n) is 4.37. The van der Waals surface area contributed by atoms with Gasteiger partial charge in [0.1, 0.15) is 0 Å². The van der Waals surface area contributed by atoms with Crippen LogP contribution in [0, 0.1) is 5.41 Å². The first-order chi connectivity index (χ1) is 10.6. The molecule has 0 saturated carbocycles. The van der Waals surface area contributed by atoms with Gasteiger partial charge in [-0.2, -0.15) is 4.31 Å². The monoisotopic (exact) mass is 339 g/mol. The summed E-state index contributed by atoms with van der Waals surface area (Å²) in [5.41, 5.74) is 0.252. The van der Waals surface area contributed by atoms with Gasteiger partial charge in [0.05, 0.1) is 18.1 Å². The fourth-order valence-corrected chi connectivity index (χ4v) is 4.47. The lowest BCUT2D eigenvalue weighted by molar-refractivity contribution is -0.299. The molecule has 3 rings (SSSR count). The number of rotatable bonds is 3. The van der Waals surface area contributed by atoms with E-state index in [2.05, 4.69) is 0 Å². The van der Waals surface area contributed by atoms with Crippen LogP contribution in [0.3, 0.4) is 0 Å². The number of ether oxygens (including phenoxy) is 2. The molecule has 2 saturated heterocycles. The van der Waals surface area contributed by atoms with Gasteiger partial charge < -0.3 is 9.47 Å². The average Bonchev–Trinajstić information content (AvgIpc) is 2.45. The molecule has 0 N–H and O–H groups in total. The molecule has 1 aromatic carbocycles. The molecule has 6 nitrogen and oxygen atoms in total. The molecule has 2 fully saturated rings. The zero-order chi connectivity index (χ0) is 16.9. The predicted octanol–water partition coefficient (Wildman–Crippen LogP) is 1.66. The van der Waals surface area contributed by atoms with Crippen LogP contribution >= 0.6 is 0 Å². The Morgan fingerprint density at radius 1 is 1.09 bits per heavy atom. The minimum absolute atomic E-state index is 0.0871. The summed E-state index contributed by atoms with van der Waals surface area (Å²) >= 11 is 0. The van der Waals surface area contributed by atoms with Crippen LogP contribution in [0.5, 0.6) is 0 Å². The third-order valence-corrected chi connectivity index (χ3v) is 6.18. The smallest absolute Gasteiger partial charge is 0.243 e. The third kappa shape index (κ3) is 3.06. The summed E-state index contributed by atoms with van der Waals surface area (Å²) in [5, 5.41) is 0. The molecule has 0 radical (unpaired) electrons. The van der Waals surface area contributed by atoms with Crippen molar-refractivity contribution in [3.63, 3.8) is 0 Å². The summed E-state index contributed by atoms with van der Waals surface area (Å²) in [6, 6.07) is 6.04. The van der Waals surface area contributed by atoms with Crippen LogP contribution in [0.1, 0.15) is 31.1 Å². The second-order valence-electron chi connectivity index (χ2n) is 6.83.